The van der Waals surface area contributed by atoms with E-state index in [1.807, 2.05) is 18.2 Å². The van der Waals surface area contributed by atoms with Crippen LogP contribution < -0.4 is 0 Å². The van der Waals surface area contributed by atoms with Gasteiger partial charge in [0.2, 0.25) is 0 Å². The van der Waals surface area contributed by atoms with Crippen LogP contribution in [0, 0.1) is 0 Å². The molecule has 1 aliphatic rings. The van der Waals surface area contributed by atoms with Gasteiger partial charge in [0.1, 0.15) is 11.3 Å². The van der Waals surface area contributed by atoms with E-state index in [4.69, 9.17) is 0 Å². The maximum atomic E-state index is 10.9. The number of phenolic OH excluding ortho intramolecular Hbond substituents is 1. The van der Waals surface area contributed by atoms with Crippen molar-refractivity contribution in [2.75, 3.05) is 13.1 Å². The Balaban J connectivity index is 1.86. The summed E-state index contributed by atoms with van der Waals surface area (Å²) in [6.07, 6.45) is 4.15. The minimum atomic E-state index is 0.0620. The summed E-state index contributed by atoms with van der Waals surface area (Å²) in [6, 6.07) is 16.4. The summed E-state index contributed by atoms with van der Waals surface area (Å²) in [5, 5.41) is 11.9. The normalized spacial score (nSPS) is 16.5. The molecule has 0 aliphatic carbocycles. The van der Waals surface area contributed by atoms with Crippen molar-refractivity contribution in [3.05, 3.63) is 70.3 Å². The number of hydrogen-bond acceptors (Lipinski definition) is 3. The van der Waals surface area contributed by atoms with Gasteiger partial charge in [-0.1, -0.05) is 46.3 Å². The molecule has 0 radical (unpaired) electrons. The van der Waals surface area contributed by atoms with Gasteiger partial charge in [0.15, 0.2) is 0 Å². The smallest absolute Gasteiger partial charge is 0.146 e. The van der Waals surface area contributed by atoms with Crippen LogP contribution in [0.1, 0.15) is 30.0 Å². The molecule has 4 rings (SSSR count). The van der Waals surface area contributed by atoms with Crippen LogP contribution in [0.15, 0.2) is 59.2 Å². The number of aromatic nitrogens is 1. The summed E-state index contributed by atoms with van der Waals surface area (Å²) < 4.78 is 1.07. The summed E-state index contributed by atoms with van der Waals surface area (Å²) in [5.41, 5.74) is 2.81. The monoisotopic (exact) mass is 382 g/mol. The second-order valence-electron chi connectivity index (χ2n) is 6.28. The van der Waals surface area contributed by atoms with Crippen LogP contribution in [0.5, 0.6) is 5.75 Å². The van der Waals surface area contributed by atoms with Crippen LogP contribution in [0.2, 0.25) is 0 Å². The van der Waals surface area contributed by atoms with Gasteiger partial charge in [-0.2, -0.15) is 0 Å². The highest BCUT2D eigenvalue weighted by Crippen LogP contribution is 2.39. The van der Waals surface area contributed by atoms with Crippen molar-refractivity contribution in [3.8, 4) is 5.75 Å². The Bertz CT molecular complexity index is 857. The van der Waals surface area contributed by atoms with Gasteiger partial charge >= 0.3 is 0 Å². The highest BCUT2D eigenvalue weighted by atomic mass is 79.9. The van der Waals surface area contributed by atoms with Crippen molar-refractivity contribution in [1.82, 2.24) is 9.88 Å². The summed E-state index contributed by atoms with van der Waals surface area (Å²) in [4.78, 5) is 6.83. The maximum Gasteiger partial charge on any atom is 0.146 e. The number of halogens is 1. The molecule has 1 atom stereocenters. The first kappa shape index (κ1) is 15.6. The van der Waals surface area contributed by atoms with Crippen LogP contribution in [0.25, 0.3) is 10.9 Å². The van der Waals surface area contributed by atoms with E-state index in [-0.39, 0.29) is 6.04 Å². The first-order valence-electron chi connectivity index (χ1n) is 8.30. The second kappa shape index (κ2) is 6.54. The van der Waals surface area contributed by atoms with Crippen molar-refractivity contribution >= 4 is 26.8 Å². The predicted molar refractivity (Wildman–Crippen MR) is 100 cm³/mol. The quantitative estimate of drug-likeness (QED) is 0.700. The van der Waals surface area contributed by atoms with Crippen LogP contribution in [0.3, 0.4) is 0 Å². The number of pyridine rings is 1. The lowest BCUT2D eigenvalue weighted by Gasteiger charge is -2.29. The fraction of sp³-hybridized carbons (Fsp3) is 0.250. The molecule has 2 heterocycles. The van der Waals surface area contributed by atoms with Gasteiger partial charge in [-0.3, -0.25) is 9.88 Å². The zero-order valence-electron chi connectivity index (χ0n) is 13.3. The highest BCUT2D eigenvalue weighted by molar-refractivity contribution is 9.10. The molecule has 122 valence electrons. The molecule has 0 spiro atoms. The molecule has 3 aromatic rings. The number of hydrogen-bond donors (Lipinski definition) is 1. The van der Waals surface area contributed by atoms with Crippen molar-refractivity contribution in [2.24, 2.45) is 0 Å². The number of aromatic hydroxyl groups is 1. The van der Waals surface area contributed by atoms with Crippen molar-refractivity contribution in [1.29, 1.82) is 0 Å². The third-order valence-electron chi connectivity index (χ3n) is 4.77. The van der Waals surface area contributed by atoms with E-state index in [1.54, 1.807) is 6.20 Å². The number of benzene rings is 2. The minimum Gasteiger partial charge on any atom is -0.505 e. The topological polar surface area (TPSA) is 36.4 Å². The number of likely N-dealkylation sites (tertiary alicyclic amines) is 1. The minimum absolute atomic E-state index is 0.0620. The van der Waals surface area contributed by atoms with Gasteiger partial charge in [0, 0.05) is 21.6 Å². The average Bonchev–Trinajstić information content (AvgIpc) is 3.13. The van der Waals surface area contributed by atoms with Crippen LogP contribution in [-0.4, -0.2) is 28.1 Å². The molecule has 0 saturated carbocycles. The summed E-state index contributed by atoms with van der Waals surface area (Å²) in [6.45, 7) is 2.11. The SMILES string of the molecule is Oc1c(C(c2ccc(Br)cc2)N2CCCC2)ccc2cccnc12. The predicted octanol–water partition coefficient (Wildman–Crippen LogP) is 4.89. The van der Waals surface area contributed by atoms with Crippen LogP contribution >= 0.6 is 15.9 Å². The molecule has 1 aliphatic heterocycles. The van der Waals surface area contributed by atoms with E-state index in [0.29, 0.717) is 11.3 Å². The van der Waals surface area contributed by atoms with Crippen molar-refractivity contribution in [3.63, 3.8) is 0 Å². The molecule has 0 bridgehead atoms. The molecular weight excluding hydrogens is 364 g/mol. The molecule has 2 aromatic carbocycles. The molecule has 0 amide bonds. The zero-order valence-corrected chi connectivity index (χ0v) is 14.9. The third-order valence-corrected chi connectivity index (χ3v) is 5.29. The summed E-state index contributed by atoms with van der Waals surface area (Å²) in [7, 11) is 0. The van der Waals surface area contributed by atoms with E-state index in [9.17, 15) is 5.11 Å². The molecule has 4 heteroatoms. The lowest BCUT2D eigenvalue weighted by atomic mass is 9.95. The van der Waals surface area contributed by atoms with Gasteiger partial charge in [0.05, 0.1) is 6.04 Å². The second-order valence-corrected chi connectivity index (χ2v) is 7.19. The standard InChI is InChI=1S/C20H19BrN2O/c21-16-8-5-15(6-9-16)19(23-12-1-2-13-23)17-10-7-14-4-3-11-22-18(14)20(17)24/h3-11,19,24H,1-2,12-13H2. The number of fused-ring (bicyclic) bond motifs is 1. The van der Waals surface area contributed by atoms with E-state index in [1.165, 1.54) is 18.4 Å². The molecule has 24 heavy (non-hydrogen) atoms. The number of nitrogens with zero attached hydrogens (tertiary/aromatic N) is 2. The van der Waals surface area contributed by atoms with Crippen molar-refractivity contribution < 1.29 is 5.11 Å². The Kier molecular flexibility index (Phi) is 4.25. The van der Waals surface area contributed by atoms with E-state index in [0.717, 1.165) is 28.5 Å². The Morgan fingerprint density at radius 1 is 1.00 bits per heavy atom. The van der Waals surface area contributed by atoms with Gasteiger partial charge in [0.25, 0.3) is 0 Å². The molecule has 1 N–H and O–H groups in total. The fourth-order valence-corrected chi connectivity index (χ4v) is 3.86. The number of rotatable bonds is 3. The third kappa shape index (κ3) is 2.80. The van der Waals surface area contributed by atoms with Crippen LogP contribution in [0.4, 0.5) is 0 Å². The molecule has 3 nitrogen and oxygen atoms in total. The lowest BCUT2D eigenvalue weighted by Crippen LogP contribution is -2.26. The lowest BCUT2D eigenvalue weighted by molar-refractivity contribution is 0.275. The van der Waals surface area contributed by atoms with Crippen LogP contribution in [-0.2, 0) is 0 Å². The molecule has 1 unspecified atom stereocenters. The fourth-order valence-electron chi connectivity index (χ4n) is 3.60. The van der Waals surface area contributed by atoms with E-state index < -0.39 is 0 Å². The van der Waals surface area contributed by atoms with E-state index in [2.05, 4.69) is 56.1 Å². The van der Waals surface area contributed by atoms with E-state index >= 15 is 0 Å². The molecule has 1 aromatic heterocycles. The maximum absolute atomic E-state index is 10.9. The molecular formula is C20H19BrN2O. The number of phenols is 1. The first-order valence-corrected chi connectivity index (χ1v) is 9.09. The first-order chi connectivity index (χ1) is 11.7. The Labute approximate surface area is 150 Å². The Morgan fingerprint density at radius 3 is 2.50 bits per heavy atom. The summed E-state index contributed by atoms with van der Waals surface area (Å²) in [5.74, 6) is 0.299. The van der Waals surface area contributed by atoms with Gasteiger partial charge < -0.3 is 5.11 Å². The summed E-state index contributed by atoms with van der Waals surface area (Å²) >= 11 is 3.51. The average molecular weight is 383 g/mol. The molecule has 1 saturated heterocycles. The molecule has 1 fully saturated rings. The zero-order chi connectivity index (χ0) is 16.5. The Morgan fingerprint density at radius 2 is 1.75 bits per heavy atom. The van der Waals surface area contributed by atoms with Gasteiger partial charge in [-0.25, -0.2) is 0 Å². The van der Waals surface area contributed by atoms with Crippen molar-refractivity contribution in [2.45, 2.75) is 18.9 Å². The van der Waals surface area contributed by atoms with Gasteiger partial charge in [-0.15, -0.1) is 0 Å². The largest absolute Gasteiger partial charge is 0.505 e. The van der Waals surface area contributed by atoms with Gasteiger partial charge in [-0.05, 0) is 49.7 Å². The highest BCUT2D eigenvalue weighted by Gasteiger charge is 2.28. The Hall–Kier alpha value is -1.91.